The lowest BCUT2D eigenvalue weighted by atomic mass is 9.72. The first kappa shape index (κ1) is 27.2. The maximum absolute atomic E-state index is 11.6. The van der Waals surface area contributed by atoms with E-state index in [9.17, 15) is 5.11 Å². The van der Waals surface area contributed by atoms with Crippen molar-refractivity contribution >= 4 is 19.4 Å². The molecule has 5 nitrogen and oxygen atoms in total. The highest BCUT2D eigenvalue weighted by atomic mass is 28.4. The minimum atomic E-state index is -2.29. The van der Waals surface area contributed by atoms with Gasteiger partial charge in [0.15, 0.2) is 5.75 Å². The Morgan fingerprint density at radius 3 is 1.77 bits per heavy atom. The number of aromatic nitrogens is 3. The van der Waals surface area contributed by atoms with E-state index in [0.29, 0.717) is 28.1 Å². The van der Waals surface area contributed by atoms with Gasteiger partial charge in [-0.25, -0.2) is 0 Å². The third kappa shape index (κ3) is 5.42. The lowest BCUT2D eigenvalue weighted by Gasteiger charge is -2.42. The van der Waals surface area contributed by atoms with Crippen molar-refractivity contribution in [2.75, 3.05) is 0 Å². The number of aromatic hydroxyl groups is 1. The quantitative estimate of drug-likeness (QED) is 0.319. The van der Waals surface area contributed by atoms with Gasteiger partial charge in [-0.2, -0.15) is 0 Å². The Balaban J connectivity index is 2.27. The first-order chi connectivity index (χ1) is 16.1. The van der Waals surface area contributed by atoms with Crippen LogP contribution in [-0.4, -0.2) is 28.4 Å². The number of hydrogen-bond donors (Lipinski definition) is 1. The summed E-state index contributed by atoms with van der Waals surface area (Å²) in [4.78, 5) is 1.56. The van der Waals surface area contributed by atoms with E-state index in [4.69, 9.17) is 4.43 Å². The van der Waals surface area contributed by atoms with E-state index in [1.165, 1.54) is 0 Å². The van der Waals surface area contributed by atoms with Crippen molar-refractivity contribution in [3.05, 3.63) is 42.0 Å². The zero-order valence-corrected chi connectivity index (χ0v) is 24.6. The molecule has 1 aromatic heterocycles. The summed E-state index contributed by atoms with van der Waals surface area (Å²) in [6.45, 7) is 24.9. The maximum Gasteiger partial charge on any atom is 0.258 e. The second-order valence-electron chi connectivity index (χ2n) is 12.9. The van der Waals surface area contributed by atoms with E-state index in [1.54, 1.807) is 4.80 Å². The number of phenolic OH excluding ortho intramolecular Hbond substituents is 1. The average molecular weight is 496 g/mol. The number of benzene rings is 2. The van der Waals surface area contributed by atoms with E-state index in [2.05, 4.69) is 92.4 Å². The molecular weight excluding hydrogens is 450 g/mol. The summed E-state index contributed by atoms with van der Waals surface area (Å²) in [5, 5.41) is 21.0. The monoisotopic (exact) mass is 495 g/mol. The molecule has 0 fully saturated rings. The highest BCUT2D eigenvalue weighted by Crippen LogP contribution is 2.48. The van der Waals surface area contributed by atoms with Crippen LogP contribution in [-0.2, 0) is 5.41 Å². The first-order valence-electron chi connectivity index (χ1n) is 13.0. The lowest BCUT2D eigenvalue weighted by molar-refractivity contribution is 0.283. The van der Waals surface area contributed by atoms with Crippen molar-refractivity contribution in [1.29, 1.82) is 0 Å². The smallest absolute Gasteiger partial charge is 0.258 e. The predicted molar refractivity (Wildman–Crippen MR) is 149 cm³/mol. The molecule has 0 aliphatic heterocycles. The fraction of sp³-hybridized carbons (Fsp3) is 0.586. The van der Waals surface area contributed by atoms with Crippen molar-refractivity contribution in [2.45, 2.75) is 105 Å². The van der Waals surface area contributed by atoms with E-state index in [-0.39, 0.29) is 16.6 Å². The summed E-state index contributed by atoms with van der Waals surface area (Å²) >= 11 is 0. The molecule has 0 saturated heterocycles. The van der Waals surface area contributed by atoms with Crippen LogP contribution >= 0.6 is 0 Å². The summed E-state index contributed by atoms with van der Waals surface area (Å²) < 4.78 is 7.04. The lowest BCUT2D eigenvalue weighted by Crippen LogP contribution is -2.50. The van der Waals surface area contributed by atoms with Gasteiger partial charge < -0.3 is 9.53 Å². The molecule has 0 bridgehead atoms. The third-order valence-corrected chi connectivity index (χ3v) is 13.3. The molecule has 1 heterocycles. The van der Waals surface area contributed by atoms with Crippen molar-refractivity contribution < 1.29 is 9.53 Å². The molecule has 3 rings (SSSR count). The molecule has 3 aromatic rings. The number of hydrogen-bond acceptors (Lipinski definition) is 4. The van der Waals surface area contributed by atoms with Crippen LogP contribution < -0.4 is 4.43 Å². The van der Waals surface area contributed by atoms with Gasteiger partial charge in [-0.05, 0) is 63.7 Å². The second kappa shape index (κ2) is 9.60. The minimum absolute atomic E-state index is 0.111. The summed E-state index contributed by atoms with van der Waals surface area (Å²) in [6.07, 6.45) is 0.985. The van der Waals surface area contributed by atoms with Crippen LogP contribution in [0.3, 0.4) is 0 Å². The molecule has 35 heavy (non-hydrogen) atoms. The highest BCUT2D eigenvalue weighted by Gasteiger charge is 2.47. The predicted octanol–water partition coefficient (Wildman–Crippen LogP) is 8.39. The van der Waals surface area contributed by atoms with Gasteiger partial charge in [0.2, 0.25) is 0 Å². The Kier molecular flexibility index (Phi) is 7.48. The zero-order valence-electron chi connectivity index (χ0n) is 23.6. The van der Waals surface area contributed by atoms with Crippen molar-refractivity contribution in [1.82, 2.24) is 15.0 Å². The molecule has 0 unspecified atom stereocenters. The molecule has 0 aliphatic rings. The molecule has 0 spiro atoms. The van der Waals surface area contributed by atoms with Gasteiger partial charge in [-0.1, -0.05) is 88.3 Å². The fourth-order valence-electron chi connectivity index (χ4n) is 6.15. The standard InChI is InChI=1S/C29H45N3O2Si/c1-19(2)35(20(3)4,21(5)6)34-26-17-22(29(10,11)18-28(7,8)9)16-25(27(26)33)32-30-23-14-12-13-15-24(23)31-32/h12-17,19-21,33H,18H2,1-11H3. The maximum atomic E-state index is 11.6. The van der Waals surface area contributed by atoms with Crippen LogP contribution in [0.2, 0.25) is 16.6 Å². The molecule has 1 N–H and O–H groups in total. The van der Waals surface area contributed by atoms with E-state index >= 15 is 0 Å². The SMILES string of the molecule is CC(C)[Si](Oc1cc(C(C)(C)CC(C)(C)C)cc(-n2nc3ccccc3n2)c1O)(C(C)C)C(C)C. The van der Waals surface area contributed by atoms with Crippen LogP contribution in [0.4, 0.5) is 0 Å². The van der Waals surface area contributed by atoms with Crippen LogP contribution in [0.15, 0.2) is 36.4 Å². The molecule has 0 atom stereocenters. The average Bonchev–Trinajstić information content (AvgIpc) is 3.14. The van der Waals surface area contributed by atoms with Gasteiger partial charge in [-0.15, -0.1) is 15.0 Å². The van der Waals surface area contributed by atoms with Crippen molar-refractivity contribution in [3.8, 4) is 17.2 Å². The summed E-state index contributed by atoms with van der Waals surface area (Å²) in [7, 11) is -2.29. The van der Waals surface area contributed by atoms with Crippen LogP contribution in [0.1, 0.15) is 88.1 Å². The van der Waals surface area contributed by atoms with Gasteiger partial charge in [0.05, 0.1) is 0 Å². The molecular formula is C29H45N3O2Si. The Hall–Kier alpha value is -2.34. The fourth-order valence-corrected chi connectivity index (χ4v) is 11.4. The first-order valence-corrected chi connectivity index (χ1v) is 15.1. The minimum Gasteiger partial charge on any atom is -0.540 e. The van der Waals surface area contributed by atoms with E-state index in [0.717, 1.165) is 23.0 Å². The Morgan fingerprint density at radius 1 is 0.857 bits per heavy atom. The zero-order chi connectivity index (χ0) is 26.3. The van der Waals surface area contributed by atoms with Crippen LogP contribution in [0, 0.1) is 5.41 Å². The third-order valence-electron chi connectivity index (χ3n) is 7.30. The summed E-state index contributed by atoms with van der Waals surface area (Å²) in [6, 6.07) is 11.9. The summed E-state index contributed by atoms with van der Waals surface area (Å²) in [5.74, 6) is 0.669. The van der Waals surface area contributed by atoms with Gasteiger partial charge in [0, 0.05) is 0 Å². The molecule has 2 aromatic carbocycles. The van der Waals surface area contributed by atoms with Gasteiger partial charge in [0.1, 0.15) is 22.5 Å². The van der Waals surface area contributed by atoms with Crippen molar-refractivity contribution in [3.63, 3.8) is 0 Å². The number of phenols is 1. The molecule has 192 valence electrons. The molecule has 0 radical (unpaired) electrons. The number of rotatable bonds is 8. The van der Waals surface area contributed by atoms with Crippen LogP contribution in [0.25, 0.3) is 16.7 Å². The Labute approximate surface area is 213 Å². The largest absolute Gasteiger partial charge is 0.540 e. The van der Waals surface area contributed by atoms with E-state index < -0.39 is 8.32 Å². The van der Waals surface area contributed by atoms with Gasteiger partial charge in [-0.3, -0.25) is 0 Å². The molecule has 6 heteroatoms. The topological polar surface area (TPSA) is 60.2 Å². The normalized spacial score (nSPS) is 13.4. The van der Waals surface area contributed by atoms with Gasteiger partial charge >= 0.3 is 0 Å². The van der Waals surface area contributed by atoms with E-state index in [1.807, 2.05) is 30.3 Å². The molecule has 0 aliphatic carbocycles. The summed E-state index contributed by atoms with van der Waals surface area (Å²) in [5.41, 5.74) is 4.46. The molecule has 0 amide bonds. The second-order valence-corrected chi connectivity index (χ2v) is 18.2. The molecule has 0 saturated carbocycles. The number of nitrogens with zero attached hydrogens (tertiary/aromatic N) is 3. The Morgan fingerprint density at radius 2 is 1.34 bits per heavy atom. The Bertz CT molecular complexity index is 1120. The number of fused-ring (bicyclic) bond motifs is 1. The highest BCUT2D eigenvalue weighted by molar-refractivity contribution is 6.78. The van der Waals surface area contributed by atoms with Crippen LogP contribution in [0.5, 0.6) is 11.5 Å². The van der Waals surface area contributed by atoms with Gasteiger partial charge in [0.25, 0.3) is 8.32 Å². The van der Waals surface area contributed by atoms with Crippen molar-refractivity contribution in [2.24, 2.45) is 5.41 Å².